The molecular formula is C18H15ClN4O4S. The number of aryl methyl sites for hydroxylation is 2. The molecule has 8 nitrogen and oxygen atoms in total. The molecule has 0 saturated carbocycles. The van der Waals surface area contributed by atoms with Crippen molar-refractivity contribution in [3.63, 3.8) is 0 Å². The van der Waals surface area contributed by atoms with Crippen molar-refractivity contribution in [1.29, 1.82) is 0 Å². The number of benzene rings is 1. The maximum Gasteiger partial charge on any atom is 0.335 e. The highest BCUT2D eigenvalue weighted by Crippen LogP contribution is 2.28. The van der Waals surface area contributed by atoms with Crippen LogP contribution in [-0.2, 0) is 10.0 Å². The molecule has 0 aliphatic heterocycles. The monoisotopic (exact) mass is 418 g/mol. The Morgan fingerprint density at radius 2 is 1.79 bits per heavy atom. The minimum atomic E-state index is -4.21. The van der Waals surface area contributed by atoms with Crippen LogP contribution >= 0.6 is 11.6 Å². The minimum absolute atomic E-state index is 0.0533. The highest BCUT2D eigenvalue weighted by atomic mass is 35.5. The van der Waals surface area contributed by atoms with Crippen LogP contribution in [0.15, 0.2) is 47.6 Å². The Bertz CT molecular complexity index is 1160. The molecule has 2 heterocycles. The highest BCUT2D eigenvalue weighted by molar-refractivity contribution is 7.92. The summed E-state index contributed by atoms with van der Waals surface area (Å²) in [6, 6.07) is 9.39. The molecule has 0 aliphatic rings. The van der Waals surface area contributed by atoms with Crippen molar-refractivity contribution in [2.45, 2.75) is 18.9 Å². The van der Waals surface area contributed by atoms with Crippen LogP contribution in [0.5, 0.6) is 0 Å². The summed E-state index contributed by atoms with van der Waals surface area (Å²) in [6.45, 7) is 3.81. The van der Waals surface area contributed by atoms with E-state index in [1.165, 1.54) is 12.1 Å². The van der Waals surface area contributed by atoms with Gasteiger partial charge in [0.25, 0.3) is 10.0 Å². The van der Waals surface area contributed by atoms with E-state index in [0.29, 0.717) is 5.69 Å². The van der Waals surface area contributed by atoms with Gasteiger partial charge in [0.2, 0.25) is 5.95 Å². The zero-order chi connectivity index (χ0) is 20.5. The molecule has 0 unspecified atom stereocenters. The van der Waals surface area contributed by atoms with E-state index in [0.717, 1.165) is 29.0 Å². The number of halogens is 1. The molecule has 144 valence electrons. The van der Waals surface area contributed by atoms with Crippen molar-refractivity contribution in [2.24, 2.45) is 0 Å². The Morgan fingerprint density at radius 3 is 2.43 bits per heavy atom. The molecule has 0 amide bonds. The van der Waals surface area contributed by atoms with Gasteiger partial charge in [-0.1, -0.05) is 29.8 Å². The van der Waals surface area contributed by atoms with Gasteiger partial charge in [-0.2, -0.15) is 8.42 Å². The first kappa shape index (κ1) is 19.7. The van der Waals surface area contributed by atoms with Crippen LogP contribution in [0, 0.1) is 13.8 Å². The average Bonchev–Trinajstić information content (AvgIpc) is 2.61. The molecule has 0 saturated heterocycles. The number of sulfonamides is 1. The smallest absolute Gasteiger partial charge is 0.335 e. The molecule has 2 N–H and O–H groups in total. The molecule has 3 aromatic rings. The third-order valence-electron chi connectivity index (χ3n) is 3.91. The third-order valence-corrected chi connectivity index (χ3v) is 5.33. The van der Waals surface area contributed by atoms with Gasteiger partial charge in [-0.3, -0.25) is 0 Å². The first-order valence-corrected chi connectivity index (χ1v) is 9.87. The number of hydrogen-bond donors (Lipinski definition) is 2. The van der Waals surface area contributed by atoms with Crippen LogP contribution in [0.25, 0.3) is 11.3 Å². The van der Waals surface area contributed by atoms with Gasteiger partial charge >= 0.3 is 5.97 Å². The standard InChI is InChI=1S/C18H15ClN4O4S/c1-10-4-3-5-11(2)16(10)13-9-14(19)22-18(21-13)23-28(26,27)15-8-12(17(24)25)6-7-20-15/h3-9H,1-2H3,(H,24,25)(H,21,22,23). The van der Waals surface area contributed by atoms with Crippen LogP contribution in [-0.4, -0.2) is 34.4 Å². The van der Waals surface area contributed by atoms with Gasteiger partial charge in [0.1, 0.15) is 5.15 Å². The van der Waals surface area contributed by atoms with Gasteiger partial charge in [-0.05, 0) is 37.1 Å². The predicted molar refractivity (Wildman–Crippen MR) is 104 cm³/mol. The molecule has 0 spiro atoms. The zero-order valence-corrected chi connectivity index (χ0v) is 16.4. The SMILES string of the molecule is Cc1cccc(C)c1-c1cc(Cl)nc(NS(=O)(=O)c2cc(C(=O)O)ccn2)n1. The fourth-order valence-electron chi connectivity index (χ4n) is 2.67. The Hall–Kier alpha value is -3.04. The number of carbonyl (C=O) groups is 1. The molecule has 0 bridgehead atoms. The van der Waals surface area contributed by atoms with Crippen LogP contribution in [0.3, 0.4) is 0 Å². The summed E-state index contributed by atoms with van der Waals surface area (Å²) in [4.78, 5) is 23.0. The number of nitrogens with zero attached hydrogens (tertiary/aromatic N) is 3. The van der Waals surface area contributed by atoms with Crippen LogP contribution < -0.4 is 4.72 Å². The van der Waals surface area contributed by atoms with E-state index >= 15 is 0 Å². The van der Waals surface area contributed by atoms with Gasteiger partial charge in [0.05, 0.1) is 11.3 Å². The van der Waals surface area contributed by atoms with Crippen molar-refractivity contribution >= 4 is 33.5 Å². The summed E-state index contributed by atoms with van der Waals surface area (Å²) in [5.74, 6) is -1.51. The Kier molecular flexibility index (Phi) is 5.30. The highest BCUT2D eigenvalue weighted by Gasteiger charge is 2.20. The van der Waals surface area contributed by atoms with Crippen molar-refractivity contribution < 1.29 is 18.3 Å². The van der Waals surface area contributed by atoms with E-state index in [2.05, 4.69) is 19.7 Å². The minimum Gasteiger partial charge on any atom is -0.478 e. The molecule has 1 aromatic carbocycles. The maximum absolute atomic E-state index is 12.6. The van der Waals surface area contributed by atoms with Crippen LogP contribution in [0.4, 0.5) is 5.95 Å². The topological polar surface area (TPSA) is 122 Å². The number of pyridine rings is 1. The second-order valence-electron chi connectivity index (χ2n) is 5.96. The van der Waals surface area contributed by atoms with Crippen molar-refractivity contribution in [2.75, 3.05) is 4.72 Å². The van der Waals surface area contributed by atoms with Crippen molar-refractivity contribution in [1.82, 2.24) is 15.0 Å². The van der Waals surface area contributed by atoms with E-state index in [9.17, 15) is 13.2 Å². The molecule has 0 radical (unpaired) electrons. The summed E-state index contributed by atoms with van der Waals surface area (Å²) in [5, 5.41) is 8.62. The van der Waals surface area contributed by atoms with E-state index in [-0.39, 0.29) is 16.7 Å². The van der Waals surface area contributed by atoms with Gasteiger partial charge in [-0.25, -0.2) is 24.5 Å². The summed E-state index contributed by atoms with van der Waals surface area (Å²) in [6.07, 6.45) is 1.10. The summed E-state index contributed by atoms with van der Waals surface area (Å²) in [7, 11) is -4.21. The number of carboxylic acid groups (broad SMARTS) is 1. The Labute approximate surface area is 166 Å². The molecule has 3 rings (SSSR count). The lowest BCUT2D eigenvalue weighted by atomic mass is 10.00. The number of hydrogen-bond acceptors (Lipinski definition) is 6. The van der Waals surface area contributed by atoms with E-state index in [1.807, 2.05) is 32.0 Å². The van der Waals surface area contributed by atoms with Gasteiger partial charge < -0.3 is 5.11 Å². The van der Waals surface area contributed by atoms with Crippen molar-refractivity contribution in [3.8, 4) is 11.3 Å². The predicted octanol–water partition coefficient (Wildman–Crippen LogP) is 3.31. The van der Waals surface area contributed by atoms with Crippen LogP contribution in [0.2, 0.25) is 5.15 Å². The molecule has 10 heteroatoms. The maximum atomic E-state index is 12.6. The van der Waals surface area contributed by atoms with Crippen molar-refractivity contribution in [3.05, 3.63) is 64.4 Å². The largest absolute Gasteiger partial charge is 0.478 e. The molecule has 0 fully saturated rings. The first-order chi connectivity index (χ1) is 13.2. The lowest BCUT2D eigenvalue weighted by molar-refractivity contribution is 0.0696. The lowest BCUT2D eigenvalue weighted by Gasteiger charge is -2.12. The van der Waals surface area contributed by atoms with Crippen LogP contribution in [0.1, 0.15) is 21.5 Å². The average molecular weight is 419 g/mol. The number of aromatic carboxylic acids is 1. The van der Waals surface area contributed by atoms with E-state index in [4.69, 9.17) is 16.7 Å². The van der Waals surface area contributed by atoms with E-state index in [1.54, 1.807) is 0 Å². The summed E-state index contributed by atoms with van der Waals surface area (Å²) < 4.78 is 27.4. The number of anilines is 1. The first-order valence-electron chi connectivity index (χ1n) is 8.01. The number of carboxylic acids is 1. The number of aromatic nitrogens is 3. The summed E-state index contributed by atoms with van der Waals surface area (Å²) >= 11 is 6.07. The third kappa shape index (κ3) is 4.10. The van der Waals surface area contributed by atoms with Gasteiger partial charge in [0, 0.05) is 17.8 Å². The Balaban J connectivity index is 2.02. The second kappa shape index (κ2) is 7.53. The fraction of sp³-hybridized carbons (Fsp3) is 0.111. The fourth-order valence-corrected chi connectivity index (χ4v) is 3.77. The molecule has 28 heavy (non-hydrogen) atoms. The second-order valence-corrected chi connectivity index (χ2v) is 7.98. The zero-order valence-electron chi connectivity index (χ0n) is 14.8. The molecular weight excluding hydrogens is 404 g/mol. The molecule has 2 aromatic heterocycles. The molecule has 0 aliphatic carbocycles. The lowest BCUT2D eigenvalue weighted by Crippen LogP contribution is -2.17. The summed E-state index contributed by atoms with van der Waals surface area (Å²) in [5.41, 5.74) is 2.95. The quantitative estimate of drug-likeness (QED) is 0.609. The van der Waals surface area contributed by atoms with Gasteiger partial charge in [0.15, 0.2) is 5.03 Å². The van der Waals surface area contributed by atoms with E-state index < -0.39 is 21.0 Å². The normalized spacial score (nSPS) is 11.2. The Morgan fingerprint density at radius 1 is 1.11 bits per heavy atom. The number of nitrogens with one attached hydrogen (secondary N) is 1. The van der Waals surface area contributed by atoms with Gasteiger partial charge in [-0.15, -0.1) is 0 Å². The number of rotatable bonds is 5. The molecule has 0 atom stereocenters.